The summed E-state index contributed by atoms with van der Waals surface area (Å²) in [5, 5.41) is -0.991. The zero-order valence-electron chi connectivity index (χ0n) is 19.1. The van der Waals surface area contributed by atoms with Crippen molar-refractivity contribution in [2.75, 3.05) is 13.2 Å². The van der Waals surface area contributed by atoms with Gasteiger partial charge in [0.05, 0.1) is 28.3 Å². The molecule has 2 spiro atoms. The maximum atomic E-state index is 13.8. The van der Waals surface area contributed by atoms with Gasteiger partial charge in [0, 0.05) is 18.3 Å². The quantitative estimate of drug-likeness (QED) is 0.579. The molecular weight excluding hydrogens is 496 g/mol. The molecule has 9 heteroatoms. The maximum Gasteiger partial charge on any atom is 0.217 e. The number of ether oxygens (including phenoxy) is 2. The Morgan fingerprint density at radius 3 is 1.76 bits per heavy atom. The first-order valence-corrected chi connectivity index (χ1v) is 14.7. The Morgan fingerprint density at radius 2 is 1.26 bits per heavy atom. The number of benzene rings is 2. The fraction of sp³-hybridized carbons (Fsp3) is 0.440. The number of hydrogen-bond donors (Lipinski definition) is 0. The van der Waals surface area contributed by atoms with E-state index in [2.05, 4.69) is 0 Å². The fourth-order valence-electron chi connectivity index (χ4n) is 5.36. The molecule has 0 radical (unpaired) electrons. The molecule has 0 amide bonds. The predicted molar refractivity (Wildman–Crippen MR) is 129 cm³/mol. The Hall–Kier alpha value is -1.71. The van der Waals surface area contributed by atoms with E-state index in [0.717, 1.165) is 11.1 Å². The molecule has 1 unspecified atom stereocenters. The van der Waals surface area contributed by atoms with E-state index in [9.17, 15) is 16.8 Å². The van der Waals surface area contributed by atoms with Crippen LogP contribution in [0.5, 0.6) is 0 Å². The number of sulfone groups is 2. The third-order valence-corrected chi connectivity index (χ3v) is 12.0. The van der Waals surface area contributed by atoms with Gasteiger partial charge in [-0.2, -0.15) is 0 Å². The Morgan fingerprint density at radius 1 is 0.794 bits per heavy atom. The van der Waals surface area contributed by atoms with Crippen LogP contribution >= 0.6 is 11.6 Å². The van der Waals surface area contributed by atoms with E-state index in [1.54, 1.807) is 36.4 Å². The highest BCUT2D eigenvalue weighted by atomic mass is 35.5. The molecule has 5 rings (SSSR count). The summed E-state index contributed by atoms with van der Waals surface area (Å²) in [6, 6.07) is 13.0. The van der Waals surface area contributed by atoms with Gasteiger partial charge >= 0.3 is 0 Å². The second kappa shape index (κ2) is 8.17. The molecule has 1 saturated heterocycles. The summed E-state index contributed by atoms with van der Waals surface area (Å²) in [7, 11) is -7.92. The lowest BCUT2D eigenvalue weighted by Gasteiger charge is -2.35. The van der Waals surface area contributed by atoms with Crippen LogP contribution in [-0.2, 0) is 29.1 Å². The van der Waals surface area contributed by atoms with E-state index in [0.29, 0.717) is 44.5 Å². The topological polar surface area (TPSA) is 86.7 Å². The highest BCUT2D eigenvalue weighted by molar-refractivity contribution is 7.97. The third-order valence-electron chi connectivity index (χ3n) is 7.37. The molecule has 1 aliphatic heterocycles. The molecule has 0 bridgehead atoms. The van der Waals surface area contributed by atoms with Gasteiger partial charge in [-0.1, -0.05) is 47.0 Å². The summed E-state index contributed by atoms with van der Waals surface area (Å²) in [6.07, 6.45) is 1.84. The smallest absolute Gasteiger partial charge is 0.217 e. The van der Waals surface area contributed by atoms with Gasteiger partial charge in [-0.3, -0.25) is 0 Å². The van der Waals surface area contributed by atoms with Gasteiger partial charge in [-0.05, 0) is 56.5 Å². The second-order valence-corrected chi connectivity index (χ2v) is 14.0. The molecule has 34 heavy (non-hydrogen) atoms. The standard InChI is InChI=1S/C25H27ClO6S2/c1-17-3-7-19(8-4-17)33(27,28)22-21(23(26)34(29,30)20-9-5-18(2)6-10-20)24(22)11-13-25(14-12-24)31-15-16-32-25/h3-10,22H,11-16H2,1-2H3/b23-21+. The second-order valence-electron chi connectivity index (χ2n) is 9.51. The Balaban J connectivity index is 1.60. The van der Waals surface area contributed by atoms with Crippen molar-refractivity contribution >= 4 is 31.3 Å². The lowest BCUT2D eigenvalue weighted by Crippen LogP contribution is -2.37. The molecule has 3 fully saturated rings. The molecule has 3 aliphatic rings. The normalized spacial score (nSPS) is 25.0. The zero-order valence-corrected chi connectivity index (χ0v) is 21.5. The molecule has 182 valence electrons. The van der Waals surface area contributed by atoms with Crippen molar-refractivity contribution in [2.24, 2.45) is 5.41 Å². The Labute approximate surface area is 205 Å². The van der Waals surface area contributed by atoms with Gasteiger partial charge in [-0.25, -0.2) is 16.8 Å². The van der Waals surface area contributed by atoms with Crippen LogP contribution in [0.1, 0.15) is 36.8 Å². The molecule has 1 atom stereocenters. The molecule has 0 aromatic heterocycles. The first kappa shape index (κ1) is 24.0. The lowest BCUT2D eigenvalue weighted by atomic mass is 9.82. The van der Waals surface area contributed by atoms with Crippen molar-refractivity contribution in [1.82, 2.24) is 0 Å². The average Bonchev–Trinajstić information content (AvgIpc) is 3.24. The molecule has 2 aliphatic carbocycles. The molecular formula is C25H27ClO6S2. The van der Waals surface area contributed by atoms with Gasteiger partial charge in [0.15, 0.2) is 15.6 Å². The minimum atomic E-state index is -4.06. The summed E-state index contributed by atoms with van der Waals surface area (Å²) < 4.78 is 65.6. The minimum Gasteiger partial charge on any atom is -0.348 e. The highest BCUT2D eigenvalue weighted by Gasteiger charge is 2.70. The van der Waals surface area contributed by atoms with Gasteiger partial charge < -0.3 is 9.47 Å². The summed E-state index contributed by atoms with van der Waals surface area (Å²) in [5.41, 5.74) is 1.30. The summed E-state index contributed by atoms with van der Waals surface area (Å²) in [6.45, 7) is 4.75. The lowest BCUT2D eigenvalue weighted by molar-refractivity contribution is -0.183. The number of rotatable bonds is 4. The summed E-state index contributed by atoms with van der Waals surface area (Å²) >= 11 is 6.60. The molecule has 6 nitrogen and oxygen atoms in total. The fourth-order valence-corrected chi connectivity index (χ4v) is 9.72. The summed E-state index contributed by atoms with van der Waals surface area (Å²) in [4.78, 5) is 0.224. The van der Waals surface area contributed by atoms with Crippen LogP contribution in [0.4, 0.5) is 0 Å². The first-order valence-electron chi connectivity index (χ1n) is 11.3. The first-order chi connectivity index (χ1) is 16.0. The SMILES string of the molecule is Cc1ccc(S(=O)(=O)/C(Cl)=C2\C(S(=O)(=O)c3ccc(C)cc3)C23CCC2(CC3)OCCO2)cc1. The van der Waals surface area contributed by atoms with Crippen LogP contribution in [0.15, 0.2) is 68.3 Å². The largest absolute Gasteiger partial charge is 0.348 e. The van der Waals surface area contributed by atoms with E-state index < -0.39 is 36.1 Å². The van der Waals surface area contributed by atoms with Gasteiger partial charge in [0.1, 0.15) is 4.36 Å². The van der Waals surface area contributed by atoms with Crippen molar-refractivity contribution in [2.45, 2.75) is 60.4 Å². The van der Waals surface area contributed by atoms with Crippen LogP contribution in [0, 0.1) is 19.3 Å². The van der Waals surface area contributed by atoms with Crippen molar-refractivity contribution < 1.29 is 26.3 Å². The summed E-state index contributed by atoms with van der Waals surface area (Å²) in [5.74, 6) is -0.709. The average molecular weight is 523 g/mol. The molecule has 2 aromatic rings. The number of hydrogen-bond acceptors (Lipinski definition) is 6. The van der Waals surface area contributed by atoms with Crippen LogP contribution in [0.3, 0.4) is 0 Å². The van der Waals surface area contributed by atoms with Gasteiger partial charge in [0.25, 0.3) is 0 Å². The van der Waals surface area contributed by atoms with Gasteiger partial charge in [-0.15, -0.1) is 0 Å². The van der Waals surface area contributed by atoms with Crippen LogP contribution < -0.4 is 0 Å². The van der Waals surface area contributed by atoms with Crippen LogP contribution in [-0.4, -0.2) is 41.1 Å². The molecule has 1 heterocycles. The van der Waals surface area contributed by atoms with Crippen LogP contribution in [0.2, 0.25) is 0 Å². The molecule has 2 aromatic carbocycles. The van der Waals surface area contributed by atoms with E-state index in [1.165, 1.54) is 12.1 Å². The van der Waals surface area contributed by atoms with Crippen LogP contribution in [0.25, 0.3) is 0 Å². The van der Waals surface area contributed by atoms with Crippen molar-refractivity contribution in [3.05, 3.63) is 69.6 Å². The Bertz CT molecular complexity index is 1340. The zero-order chi connectivity index (χ0) is 24.4. The Kier molecular flexibility index (Phi) is 5.77. The number of aryl methyl sites for hydroxylation is 2. The van der Waals surface area contributed by atoms with E-state index in [4.69, 9.17) is 21.1 Å². The van der Waals surface area contributed by atoms with E-state index in [1.807, 2.05) is 13.8 Å². The van der Waals surface area contributed by atoms with Crippen molar-refractivity contribution in [3.8, 4) is 0 Å². The number of halogens is 1. The third kappa shape index (κ3) is 3.75. The van der Waals surface area contributed by atoms with E-state index >= 15 is 0 Å². The monoisotopic (exact) mass is 522 g/mol. The van der Waals surface area contributed by atoms with Gasteiger partial charge in [0.2, 0.25) is 9.84 Å². The van der Waals surface area contributed by atoms with Crippen molar-refractivity contribution in [1.29, 1.82) is 0 Å². The van der Waals surface area contributed by atoms with Crippen molar-refractivity contribution in [3.63, 3.8) is 0 Å². The minimum absolute atomic E-state index is 0.0545. The molecule has 2 saturated carbocycles. The van der Waals surface area contributed by atoms with E-state index in [-0.39, 0.29) is 14.2 Å². The predicted octanol–water partition coefficient (Wildman–Crippen LogP) is 4.69. The maximum absolute atomic E-state index is 13.8. The molecule has 0 N–H and O–H groups in total. The highest BCUT2D eigenvalue weighted by Crippen LogP contribution is 2.68.